The van der Waals surface area contributed by atoms with E-state index in [2.05, 4.69) is 21.0 Å². The van der Waals surface area contributed by atoms with E-state index in [1.54, 1.807) is 16.2 Å². The van der Waals surface area contributed by atoms with Gasteiger partial charge in [-0.05, 0) is 40.0 Å². The molecule has 0 radical (unpaired) electrons. The van der Waals surface area contributed by atoms with Gasteiger partial charge >= 0.3 is 6.09 Å². The number of nitrogens with zero attached hydrogens (tertiary/aromatic N) is 3. The number of likely N-dealkylation sites (tertiary alicyclic amines) is 1. The number of aromatic nitrogens is 1. The number of anilines is 1. The third-order valence-electron chi connectivity index (χ3n) is 4.14. The zero-order valence-electron chi connectivity index (χ0n) is 15.2. The molecule has 1 saturated heterocycles. The van der Waals surface area contributed by atoms with Crippen LogP contribution < -0.4 is 10.6 Å². The molecular formula is C17H27N5O2S. The lowest BCUT2D eigenvalue weighted by molar-refractivity contribution is 0.0197. The number of hydrogen-bond acceptors (Lipinski definition) is 7. The number of ether oxygens (including phenoxy) is 1. The van der Waals surface area contributed by atoms with E-state index >= 15 is 0 Å². The summed E-state index contributed by atoms with van der Waals surface area (Å²) >= 11 is 1.58. The predicted molar refractivity (Wildman–Crippen MR) is 100 cm³/mol. The first-order valence-corrected chi connectivity index (χ1v) is 9.77. The van der Waals surface area contributed by atoms with E-state index in [4.69, 9.17) is 9.72 Å². The number of guanidine groups is 1. The van der Waals surface area contributed by atoms with Gasteiger partial charge in [-0.1, -0.05) is 0 Å². The molecule has 0 bridgehead atoms. The van der Waals surface area contributed by atoms with E-state index in [1.807, 2.05) is 20.8 Å². The molecule has 1 aromatic rings. The zero-order valence-corrected chi connectivity index (χ0v) is 16.0. The second-order valence-electron chi connectivity index (χ2n) is 7.48. The second-order valence-corrected chi connectivity index (χ2v) is 8.34. The summed E-state index contributed by atoms with van der Waals surface area (Å²) in [6.45, 7) is 8.89. The third kappa shape index (κ3) is 5.07. The van der Waals surface area contributed by atoms with Gasteiger partial charge in [0.2, 0.25) is 0 Å². The molecule has 1 amide bonds. The fraction of sp³-hybridized carbons (Fsp3) is 0.706. The number of thiazole rings is 1. The van der Waals surface area contributed by atoms with Crippen LogP contribution in [0.1, 0.15) is 51.6 Å². The quantitative estimate of drug-likeness (QED) is 0.842. The van der Waals surface area contributed by atoms with Gasteiger partial charge < -0.3 is 20.3 Å². The van der Waals surface area contributed by atoms with Crippen molar-refractivity contribution in [2.45, 2.75) is 51.6 Å². The van der Waals surface area contributed by atoms with Crippen molar-refractivity contribution in [3.63, 3.8) is 0 Å². The molecule has 1 fully saturated rings. The normalized spacial score (nSPS) is 21.3. The molecule has 2 aliphatic heterocycles. The average molecular weight is 366 g/mol. The van der Waals surface area contributed by atoms with E-state index in [-0.39, 0.29) is 12.0 Å². The number of carbonyl (C=O) groups is 1. The Bertz CT molecular complexity index is 637. The number of nitrogens with one attached hydrogen (secondary N) is 2. The first-order valence-electron chi connectivity index (χ1n) is 8.89. The maximum absolute atomic E-state index is 12.3. The van der Waals surface area contributed by atoms with E-state index in [9.17, 15) is 4.79 Å². The molecule has 138 valence electrons. The highest BCUT2D eigenvalue weighted by Gasteiger charge is 2.29. The lowest BCUT2D eigenvalue weighted by atomic mass is 9.96. The Hall–Kier alpha value is -1.83. The number of hydrogen-bond donors (Lipinski definition) is 2. The highest BCUT2D eigenvalue weighted by Crippen LogP contribution is 2.30. The molecule has 0 spiro atoms. The summed E-state index contributed by atoms with van der Waals surface area (Å²) in [6.07, 6.45) is 2.85. The van der Waals surface area contributed by atoms with Crippen LogP contribution in [0, 0.1) is 0 Å². The molecule has 0 aliphatic carbocycles. The largest absolute Gasteiger partial charge is 0.444 e. The summed E-state index contributed by atoms with van der Waals surface area (Å²) in [4.78, 5) is 23.2. The standard InChI is InChI=1S/C17H27N5O2S/c1-17(2,3)24-16(23)22-9-4-6-12(10-22)13-11-25-15(20-13)21-14-18-7-5-8-19-14/h11-12H,4-10H2,1-3H3,(H2,18,19,20,21). The Labute approximate surface area is 152 Å². The Kier molecular flexibility index (Phi) is 5.46. The number of rotatable bonds is 2. The molecule has 25 heavy (non-hydrogen) atoms. The zero-order chi connectivity index (χ0) is 17.9. The molecule has 1 aromatic heterocycles. The maximum atomic E-state index is 12.3. The number of aliphatic imine (C=N–C) groups is 1. The van der Waals surface area contributed by atoms with Gasteiger partial charge in [0.05, 0.1) is 5.69 Å². The van der Waals surface area contributed by atoms with Crippen molar-refractivity contribution in [3.05, 3.63) is 11.1 Å². The summed E-state index contributed by atoms with van der Waals surface area (Å²) in [5.41, 5.74) is 0.576. The minimum Gasteiger partial charge on any atom is -0.444 e. The number of piperidine rings is 1. The van der Waals surface area contributed by atoms with Crippen LogP contribution in [0.5, 0.6) is 0 Å². The summed E-state index contributed by atoms with van der Waals surface area (Å²) in [5, 5.41) is 9.41. The molecule has 8 heteroatoms. The van der Waals surface area contributed by atoms with Gasteiger partial charge in [0.25, 0.3) is 0 Å². The molecular weight excluding hydrogens is 338 g/mol. The Morgan fingerprint density at radius 2 is 2.28 bits per heavy atom. The van der Waals surface area contributed by atoms with E-state index in [0.29, 0.717) is 6.54 Å². The van der Waals surface area contributed by atoms with Crippen LogP contribution in [0.2, 0.25) is 0 Å². The van der Waals surface area contributed by atoms with Gasteiger partial charge in [0.1, 0.15) is 5.60 Å². The summed E-state index contributed by atoms with van der Waals surface area (Å²) in [5.74, 6) is 1.06. The highest BCUT2D eigenvalue weighted by atomic mass is 32.1. The molecule has 2 aliphatic rings. The molecule has 7 nitrogen and oxygen atoms in total. The first-order chi connectivity index (χ1) is 11.9. The van der Waals surface area contributed by atoms with Crippen molar-refractivity contribution >= 4 is 28.5 Å². The maximum Gasteiger partial charge on any atom is 0.410 e. The average Bonchev–Trinajstić information content (AvgIpc) is 3.03. The van der Waals surface area contributed by atoms with Gasteiger partial charge in [-0.15, -0.1) is 11.3 Å². The molecule has 1 unspecified atom stereocenters. The van der Waals surface area contributed by atoms with Crippen molar-refractivity contribution < 1.29 is 9.53 Å². The smallest absolute Gasteiger partial charge is 0.410 e. The summed E-state index contributed by atoms with van der Waals surface area (Å²) < 4.78 is 5.50. The van der Waals surface area contributed by atoms with Gasteiger partial charge in [-0.25, -0.2) is 9.78 Å². The van der Waals surface area contributed by atoms with Crippen molar-refractivity contribution in [2.75, 3.05) is 31.5 Å². The van der Waals surface area contributed by atoms with E-state index in [0.717, 1.165) is 55.7 Å². The van der Waals surface area contributed by atoms with Gasteiger partial charge in [0, 0.05) is 37.5 Å². The van der Waals surface area contributed by atoms with Crippen LogP contribution in [-0.2, 0) is 4.74 Å². The topological polar surface area (TPSA) is 78.8 Å². The van der Waals surface area contributed by atoms with Crippen LogP contribution in [0.4, 0.5) is 9.93 Å². The van der Waals surface area contributed by atoms with E-state index < -0.39 is 5.60 Å². The Balaban J connectivity index is 1.60. The van der Waals surface area contributed by atoms with Crippen LogP contribution >= 0.6 is 11.3 Å². The molecule has 2 N–H and O–H groups in total. The fourth-order valence-electron chi connectivity index (χ4n) is 2.96. The molecule has 3 heterocycles. The van der Waals surface area contributed by atoms with Crippen LogP contribution in [0.25, 0.3) is 0 Å². The summed E-state index contributed by atoms with van der Waals surface area (Å²) in [7, 11) is 0. The van der Waals surface area contributed by atoms with Crippen molar-refractivity contribution in [2.24, 2.45) is 4.99 Å². The molecule has 0 aromatic carbocycles. The third-order valence-corrected chi connectivity index (χ3v) is 4.91. The summed E-state index contributed by atoms with van der Waals surface area (Å²) in [6, 6.07) is 0. The predicted octanol–water partition coefficient (Wildman–Crippen LogP) is 3.02. The monoisotopic (exact) mass is 365 g/mol. The SMILES string of the molecule is CC(C)(C)OC(=O)N1CCCC(c2csc(NC3=NCCCN3)n2)C1. The number of carbonyl (C=O) groups excluding carboxylic acids is 1. The first kappa shape index (κ1) is 18.0. The van der Waals surface area contributed by atoms with Crippen molar-refractivity contribution in [3.8, 4) is 0 Å². The highest BCUT2D eigenvalue weighted by molar-refractivity contribution is 7.13. The van der Waals surface area contributed by atoms with Gasteiger partial charge in [-0.2, -0.15) is 0 Å². The minimum absolute atomic E-state index is 0.230. The second kappa shape index (κ2) is 7.59. The molecule has 3 rings (SSSR count). The molecule has 1 atom stereocenters. The lowest BCUT2D eigenvalue weighted by Crippen LogP contribution is -2.42. The lowest BCUT2D eigenvalue weighted by Gasteiger charge is -2.33. The van der Waals surface area contributed by atoms with Crippen LogP contribution in [0.15, 0.2) is 10.4 Å². The van der Waals surface area contributed by atoms with E-state index in [1.165, 1.54) is 0 Å². The van der Waals surface area contributed by atoms with Crippen LogP contribution in [-0.4, -0.2) is 53.7 Å². The Morgan fingerprint density at radius 3 is 3.00 bits per heavy atom. The van der Waals surface area contributed by atoms with Crippen molar-refractivity contribution in [1.82, 2.24) is 15.2 Å². The Morgan fingerprint density at radius 1 is 1.44 bits per heavy atom. The minimum atomic E-state index is -0.463. The van der Waals surface area contributed by atoms with Gasteiger partial charge in [-0.3, -0.25) is 4.99 Å². The van der Waals surface area contributed by atoms with Crippen LogP contribution in [0.3, 0.4) is 0 Å². The van der Waals surface area contributed by atoms with Gasteiger partial charge in [0.15, 0.2) is 11.1 Å². The number of amides is 1. The fourth-order valence-corrected chi connectivity index (χ4v) is 3.75. The molecule has 0 saturated carbocycles. The van der Waals surface area contributed by atoms with Crippen molar-refractivity contribution in [1.29, 1.82) is 0 Å².